The Morgan fingerprint density at radius 2 is 1.90 bits per heavy atom. The van der Waals surface area contributed by atoms with Crippen LogP contribution in [-0.4, -0.2) is 16.6 Å². The summed E-state index contributed by atoms with van der Waals surface area (Å²) in [6.45, 7) is 2.02. The molecule has 0 spiro atoms. The third-order valence-electron chi connectivity index (χ3n) is 4.07. The van der Waals surface area contributed by atoms with E-state index in [0.717, 1.165) is 12.1 Å². The van der Waals surface area contributed by atoms with E-state index in [1.165, 1.54) is 0 Å². The highest BCUT2D eigenvalue weighted by Gasteiger charge is 2.42. The minimum Gasteiger partial charge on any atom is -0.480 e. The average Bonchev–Trinajstić information content (AvgIpc) is 2.44. The number of carboxylic acids is 1. The molecule has 0 aromatic heterocycles. The lowest BCUT2D eigenvalue weighted by Crippen LogP contribution is -2.49. The molecule has 1 aliphatic rings. The van der Waals surface area contributed by atoms with E-state index in [9.17, 15) is 18.7 Å². The van der Waals surface area contributed by atoms with Crippen molar-refractivity contribution in [2.45, 2.75) is 38.1 Å². The zero-order valence-electron chi connectivity index (χ0n) is 11.6. The smallest absolute Gasteiger partial charge is 0.329 e. The highest BCUT2D eigenvalue weighted by molar-refractivity contribution is 5.83. The van der Waals surface area contributed by atoms with Crippen molar-refractivity contribution in [3.63, 3.8) is 0 Å². The fraction of sp³-hybridized carbons (Fsp3) is 0.467. The Morgan fingerprint density at radius 1 is 1.38 bits per heavy atom. The first-order valence-corrected chi connectivity index (χ1v) is 6.78. The van der Waals surface area contributed by atoms with Gasteiger partial charge in [-0.2, -0.15) is 5.26 Å². The molecule has 1 aliphatic carbocycles. The maximum atomic E-state index is 13.9. The molecular weight excluding hydrogens is 278 g/mol. The molecule has 21 heavy (non-hydrogen) atoms. The van der Waals surface area contributed by atoms with Gasteiger partial charge in [0, 0.05) is 0 Å². The average molecular weight is 294 g/mol. The number of benzene rings is 1. The SMILES string of the molecule is CC1CCC(Nc2c(F)cc(C#N)cc2F)(C(=O)O)CC1. The normalized spacial score (nSPS) is 25.1. The summed E-state index contributed by atoms with van der Waals surface area (Å²) in [4.78, 5) is 11.6. The zero-order chi connectivity index (χ0) is 15.6. The second kappa shape index (κ2) is 5.68. The highest BCUT2D eigenvalue weighted by Crippen LogP contribution is 2.36. The molecule has 0 radical (unpaired) electrons. The van der Waals surface area contributed by atoms with Gasteiger partial charge in [0.2, 0.25) is 0 Å². The topological polar surface area (TPSA) is 73.1 Å². The fourth-order valence-electron chi connectivity index (χ4n) is 2.64. The van der Waals surface area contributed by atoms with Gasteiger partial charge in [0.25, 0.3) is 0 Å². The van der Waals surface area contributed by atoms with Gasteiger partial charge in [-0.1, -0.05) is 6.92 Å². The quantitative estimate of drug-likeness (QED) is 0.897. The summed E-state index contributed by atoms with van der Waals surface area (Å²) in [5.41, 5.74) is -1.98. The number of carbonyl (C=O) groups is 1. The number of nitrogens with one attached hydrogen (secondary N) is 1. The standard InChI is InChI=1S/C15H16F2N2O2/c1-9-2-4-15(5-3-9,14(20)21)19-13-11(16)6-10(8-18)7-12(13)17/h6-7,9,19H,2-5H2,1H3,(H,20,21). The van der Waals surface area contributed by atoms with Crippen LogP contribution < -0.4 is 5.32 Å². The predicted octanol–water partition coefficient (Wildman–Crippen LogP) is 3.28. The molecule has 1 aromatic rings. The Hall–Kier alpha value is -2.16. The van der Waals surface area contributed by atoms with Gasteiger partial charge in [-0.25, -0.2) is 13.6 Å². The van der Waals surface area contributed by atoms with Gasteiger partial charge in [0.1, 0.15) is 11.2 Å². The van der Waals surface area contributed by atoms with E-state index in [0.29, 0.717) is 31.6 Å². The molecule has 0 atom stereocenters. The Morgan fingerprint density at radius 3 is 2.33 bits per heavy atom. The van der Waals surface area contributed by atoms with Gasteiger partial charge in [0.15, 0.2) is 11.6 Å². The van der Waals surface area contributed by atoms with Crippen molar-refractivity contribution in [2.24, 2.45) is 5.92 Å². The number of aliphatic carboxylic acids is 1. The number of hydrogen-bond acceptors (Lipinski definition) is 3. The van der Waals surface area contributed by atoms with E-state index < -0.39 is 28.8 Å². The maximum absolute atomic E-state index is 13.9. The monoisotopic (exact) mass is 294 g/mol. The molecule has 0 saturated heterocycles. The van der Waals surface area contributed by atoms with Crippen LogP contribution in [-0.2, 0) is 4.79 Å². The van der Waals surface area contributed by atoms with Gasteiger partial charge in [-0.3, -0.25) is 0 Å². The van der Waals surface area contributed by atoms with Gasteiger partial charge in [-0.05, 0) is 43.7 Å². The van der Waals surface area contributed by atoms with Gasteiger partial charge in [-0.15, -0.1) is 0 Å². The van der Waals surface area contributed by atoms with Crippen LogP contribution in [0.25, 0.3) is 0 Å². The molecule has 0 heterocycles. The molecule has 1 saturated carbocycles. The number of nitriles is 1. The van der Waals surface area contributed by atoms with E-state index in [2.05, 4.69) is 5.32 Å². The molecular formula is C15H16F2N2O2. The molecule has 112 valence electrons. The number of halogens is 2. The van der Waals surface area contributed by atoms with Gasteiger partial charge >= 0.3 is 5.97 Å². The molecule has 1 fully saturated rings. The molecule has 6 heteroatoms. The van der Waals surface area contributed by atoms with Crippen molar-refractivity contribution in [1.82, 2.24) is 0 Å². The van der Waals surface area contributed by atoms with Crippen molar-refractivity contribution in [1.29, 1.82) is 5.26 Å². The highest BCUT2D eigenvalue weighted by atomic mass is 19.1. The summed E-state index contributed by atoms with van der Waals surface area (Å²) in [5, 5.41) is 20.7. The van der Waals surface area contributed by atoms with E-state index in [1.54, 1.807) is 6.07 Å². The second-order valence-corrected chi connectivity index (χ2v) is 5.62. The number of carboxylic acid groups (broad SMARTS) is 1. The summed E-state index contributed by atoms with van der Waals surface area (Å²) in [5.74, 6) is -2.62. The summed E-state index contributed by atoms with van der Waals surface area (Å²) in [6.07, 6.45) is 1.97. The lowest BCUT2D eigenvalue weighted by atomic mass is 9.77. The Kier molecular flexibility index (Phi) is 4.12. The summed E-state index contributed by atoms with van der Waals surface area (Å²) in [6, 6.07) is 3.44. The fourth-order valence-corrected chi connectivity index (χ4v) is 2.64. The van der Waals surface area contributed by atoms with Crippen molar-refractivity contribution >= 4 is 11.7 Å². The first-order valence-electron chi connectivity index (χ1n) is 6.78. The van der Waals surface area contributed by atoms with Crippen LogP contribution >= 0.6 is 0 Å². The number of anilines is 1. The molecule has 0 bridgehead atoms. The number of rotatable bonds is 3. The van der Waals surface area contributed by atoms with Crippen LogP contribution in [0.2, 0.25) is 0 Å². The first-order chi connectivity index (χ1) is 9.88. The Balaban J connectivity index is 2.35. The van der Waals surface area contributed by atoms with Gasteiger partial charge in [0.05, 0.1) is 11.6 Å². The Labute approximate surface area is 121 Å². The van der Waals surface area contributed by atoms with Crippen LogP contribution in [0.1, 0.15) is 38.2 Å². The summed E-state index contributed by atoms with van der Waals surface area (Å²) < 4.78 is 27.8. The molecule has 4 nitrogen and oxygen atoms in total. The molecule has 0 aliphatic heterocycles. The largest absolute Gasteiger partial charge is 0.480 e. The summed E-state index contributed by atoms with van der Waals surface area (Å²) >= 11 is 0. The minimum absolute atomic E-state index is 0.141. The lowest BCUT2D eigenvalue weighted by molar-refractivity contribution is -0.143. The van der Waals surface area contributed by atoms with E-state index in [-0.39, 0.29) is 5.56 Å². The number of hydrogen-bond donors (Lipinski definition) is 2. The van der Waals surface area contributed by atoms with Crippen LogP contribution in [0.3, 0.4) is 0 Å². The molecule has 1 aromatic carbocycles. The molecule has 0 unspecified atom stereocenters. The van der Waals surface area contributed by atoms with Crippen LogP contribution in [0, 0.1) is 28.9 Å². The number of nitrogens with zero attached hydrogens (tertiary/aromatic N) is 1. The lowest BCUT2D eigenvalue weighted by Gasteiger charge is -2.37. The van der Waals surface area contributed by atoms with Crippen molar-refractivity contribution in [3.05, 3.63) is 29.3 Å². The van der Waals surface area contributed by atoms with Crippen molar-refractivity contribution in [3.8, 4) is 6.07 Å². The van der Waals surface area contributed by atoms with Gasteiger partial charge < -0.3 is 10.4 Å². The molecule has 2 rings (SSSR count). The van der Waals surface area contributed by atoms with Crippen molar-refractivity contribution in [2.75, 3.05) is 5.32 Å². The molecule has 0 amide bonds. The van der Waals surface area contributed by atoms with E-state index in [4.69, 9.17) is 5.26 Å². The minimum atomic E-state index is -1.36. The van der Waals surface area contributed by atoms with Crippen LogP contribution in [0.5, 0.6) is 0 Å². The molecule has 2 N–H and O–H groups in total. The third-order valence-corrected chi connectivity index (χ3v) is 4.07. The van der Waals surface area contributed by atoms with Crippen LogP contribution in [0.15, 0.2) is 12.1 Å². The van der Waals surface area contributed by atoms with Crippen LogP contribution in [0.4, 0.5) is 14.5 Å². The second-order valence-electron chi connectivity index (χ2n) is 5.62. The summed E-state index contributed by atoms with van der Waals surface area (Å²) in [7, 11) is 0. The maximum Gasteiger partial charge on any atom is 0.329 e. The zero-order valence-corrected chi connectivity index (χ0v) is 11.6. The van der Waals surface area contributed by atoms with Crippen molar-refractivity contribution < 1.29 is 18.7 Å². The van der Waals surface area contributed by atoms with E-state index in [1.807, 2.05) is 6.92 Å². The Bertz CT molecular complexity index is 579. The van der Waals surface area contributed by atoms with E-state index >= 15 is 0 Å². The third kappa shape index (κ3) is 2.97. The first kappa shape index (κ1) is 15.2. The predicted molar refractivity (Wildman–Crippen MR) is 72.7 cm³/mol.